The Balaban J connectivity index is 2.15. The van der Waals surface area contributed by atoms with Gasteiger partial charge < -0.3 is 14.4 Å². The van der Waals surface area contributed by atoms with Gasteiger partial charge >= 0.3 is 0 Å². The highest BCUT2D eigenvalue weighted by atomic mass is 16.5. The summed E-state index contributed by atoms with van der Waals surface area (Å²) in [5.41, 5.74) is -0.426. The molecule has 2 saturated heterocycles. The summed E-state index contributed by atoms with van der Waals surface area (Å²) in [4.78, 5) is 1.39. The molecule has 1 N–H and O–H groups in total. The molecule has 0 amide bonds. The summed E-state index contributed by atoms with van der Waals surface area (Å²) < 4.78 is 11.1. The third-order valence-electron chi connectivity index (χ3n) is 3.74. The molecule has 0 radical (unpaired) electrons. The maximum Gasteiger partial charge on any atom is 0.189 e. The second-order valence-corrected chi connectivity index (χ2v) is 5.44. The number of nitrogens with zero attached hydrogens (tertiary/aromatic N) is 1. The van der Waals surface area contributed by atoms with Crippen molar-refractivity contribution in [3.8, 4) is 6.07 Å². The van der Waals surface area contributed by atoms with E-state index in [1.807, 2.05) is 0 Å². The number of nitriles is 1. The molecule has 4 heteroatoms. The maximum absolute atomic E-state index is 9.56. The van der Waals surface area contributed by atoms with Crippen LogP contribution in [0.5, 0.6) is 0 Å². The van der Waals surface area contributed by atoms with Gasteiger partial charge in [0, 0.05) is 12.8 Å². The molecule has 0 unspecified atom stereocenters. The lowest BCUT2D eigenvalue weighted by atomic mass is 9.80. The van der Waals surface area contributed by atoms with Crippen molar-refractivity contribution in [2.75, 3.05) is 32.9 Å². The molecule has 0 aromatic heterocycles. The van der Waals surface area contributed by atoms with Crippen LogP contribution in [-0.2, 0) is 9.47 Å². The number of hydrogen-bond donors (Lipinski definition) is 1. The van der Waals surface area contributed by atoms with Crippen molar-refractivity contribution < 1.29 is 14.4 Å². The fourth-order valence-corrected chi connectivity index (χ4v) is 2.94. The standard InChI is InChI=1S/C12H20N2O2/c1-11(2)9-12(10-13,3-6-16-11)14-4-7-15-8-5-14/h3-9H2,1-2H3/p+1/t12-/m0/s1. The minimum atomic E-state index is -0.258. The maximum atomic E-state index is 9.56. The van der Waals surface area contributed by atoms with E-state index in [1.165, 1.54) is 4.90 Å². The van der Waals surface area contributed by atoms with Crippen molar-refractivity contribution in [3.63, 3.8) is 0 Å². The quantitative estimate of drug-likeness (QED) is 0.669. The summed E-state index contributed by atoms with van der Waals surface area (Å²) in [5.74, 6) is 0. The van der Waals surface area contributed by atoms with E-state index in [1.54, 1.807) is 0 Å². The molecule has 2 aliphatic rings. The molecule has 0 spiro atoms. The zero-order valence-electron chi connectivity index (χ0n) is 10.2. The van der Waals surface area contributed by atoms with Crippen LogP contribution in [0.1, 0.15) is 26.7 Å². The van der Waals surface area contributed by atoms with E-state index in [0.717, 1.165) is 39.1 Å². The fraction of sp³-hybridized carbons (Fsp3) is 0.917. The minimum Gasteiger partial charge on any atom is -0.375 e. The van der Waals surface area contributed by atoms with Gasteiger partial charge in [-0.25, -0.2) is 0 Å². The van der Waals surface area contributed by atoms with Gasteiger partial charge in [-0.1, -0.05) is 0 Å². The van der Waals surface area contributed by atoms with Crippen molar-refractivity contribution in [3.05, 3.63) is 0 Å². The highest BCUT2D eigenvalue weighted by molar-refractivity contribution is 5.06. The van der Waals surface area contributed by atoms with Crippen LogP contribution in [0.15, 0.2) is 0 Å². The van der Waals surface area contributed by atoms with Crippen LogP contribution in [0.2, 0.25) is 0 Å². The van der Waals surface area contributed by atoms with E-state index < -0.39 is 0 Å². The van der Waals surface area contributed by atoms with Crippen molar-refractivity contribution in [2.45, 2.75) is 37.8 Å². The molecule has 0 aliphatic carbocycles. The molecular weight excluding hydrogens is 204 g/mol. The Labute approximate surface area is 97.1 Å². The van der Waals surface area contributed by atoms with Gasteiger partial charge in [-0.2, -0.15) is 5.26 Å². The van der Waals surface area contributed by atoms with Gasteiger partial charge in [0.05, 0.1) is 25.4 Å². The number of rotatable bonds is 1. The smallest absolute Gasteiger partial charge is 0.189 e. The first-order chi connectivity index (χ1) is 7.58. The summed E-state index contributed by atoms with van der Waals surface area (Å²) in [6.45, 7) is 8.31. The second-order valence-electron chi connectivity index (χ2n) is 5.44. The highest BCUT2D eigenvalue weighted by Gasteiger charge is 2.49. The summed E-state index contributed by atoms with van der Waals surface area (Å²) in [7, 11) is 0. The average Bonchev–Trinajstić information content (AvgIpc) is 2.29. The molecule has 16 heavy (non-hydrogen) atoms. The van der Waals surface area contributed by atoms with Crippen LogP contribution in [0.4, 0.5) is 0 Å². The van der Waals surface area contributed by atoms with Gasteiger partial charge in [0.1, 0.15) is 19.2 Å². The first-order valence-electron chi connectivity index (χ1n) is 6.06. The number of nitrogens with one attached hydrogen (secondary N) is 1. The largest absolute Gasteiger partial charge is 0.375 e. The summed E-state index contributed by atoms with van der Waals surface area (Å²) in [6.07, 6.45) is 1.67. The second kappa shape index (κ2) is 4.33. The van der Waals surface area contributed by atoms with E-state index in [4.69, 9.17) is 9.47 Å². The summed E-state index contributed by atoms with van der Waals surface area (Å²) >= 11 is 0. The number of morpholine rings is 1. The number of ether oxygens (including phenoxy) is 2. The Morgan fingerprint density at radius 3 is 2.44 bits per heavy atom. The first-order valence-corrected chi connectivity index (χ1v) is 6.06. The van der Waals surface area contributed by atoms with Gasteiger partial charge in [-0.3, -0.25) is 0 Å². The topological polar surface area (TPSA) is 46.7 Å². The first kappa shape index (κ1) is 11.8. The Hall–Kier alpha value is -0.630. The van der Waals surface area contributed by atoms with Gasteiger partial charge in [-0.15, -0.1) is 0 Å². The van der Waals surface area contributed by atoms with Gasteiger partial charge in [0.2, 0.25) is 0 Å². The predicted octanol–water partition coefficient (Wildman–Crippen LogP) is -0.247. The van der Waals surface area contributed by atoms with Crippen LogP contribution in [0.3, 0.4) is 0 Å². The molecule has 2 fully saturated rings. The molecule has 2 heterocycles. The molecule has 2 rings (SSSR count). The van der Waals surface area contributed by atoms with Crippen molar-refractivity contribution >= 4 is 0 Å². The van der Waals surface area contributed by atoms with E-state index >= 15 is 0 Å². The number of hydrogen-bond acceptors (Lipinski definition) is 3. The monoisotopic (exact) mass is 225 g/mol. The minimum absolute atomic E-state index is 0.167. The fourth-order valence-electron chi connectivity index (χ4n) is 2.94. The van der Waals surface area contributed by atoms with Crippen molar-refractivity contribution in [1.29, 1.82) is 5.26 Å². The van der Waals surface area contributed by atoms with Crippen LogP contribution in [-0.4, -0.2) is 44.1 Å². The molecule has 0 aromatic rings. The van der Waals surface area contributed by atoms with Crippen LogP contribution < -0.4 is 4.90 Å². The molecular formula is C12H21N2O2+. The Morgan fingerprint density at radius 2 is 1.88 bits per heavy atom. The average molecular weight is 225 g/mol. The van der Waals surface area contributed by atoms with Crippen LogP contribution in [0, 0.1) is 11.3 Å². The Kier molecular flexibility index (Phi) is 3.20. The lowest BCUT2D eigenvalue weighted by Gasteiger charge is -2.45. The summed E-state index contributed by atoms with van der Waals surface area (Å²) in [5, 5.41) is 9.56. The lowest BCUT2D eigenvalue weighted by Crippen LogP contribution is -3.22. The molecule has 0 aromatic carbocycles. The predicted molar refractivity (Wildman–Crippen MR) is 59.1 cm³/mol. The van der Waals surface area contributed by atoms with Crippen molar-refractivity contribution in [2.24, 2.45) is 0 Å². The lowest BCUT2D eigenvalue weighted by molar-refractivity contribution is -0.953. The van der Waals surface area contributed by atoms with E-state index in [-0.39, 0.29) is 11.1 Å². The van der Waals surface area contributed by atoms with Crippen LogP contribution in [0.25, 0.3) is 0 Å². The van der Waals surface area contributed by atoms with E-state index in [0.29, 0.717) is 6.61 Å². The SMILES string of the molecule is CC1(C)C[C@@](C#N)([NH+]2CCOCC2)CCO1. The highest BCUT2D eigenvalue weighted by Crippen LogP contribution is 2.29. The third kappa shape index (κ3) is 2.22. The normalized spacial score (nSPS) is 35.6. The van der Waals surface area contributed by atoms with Gasteiger partial charge in [-0.05, 0) is 13.8 Å². The zero-order valence-corrected chi connectivity index (χ0v) is 10.2. The summed E-state index contributed by atoms with van der Waals surface area (Å²) in [6, 6.07) is 2.57. The van der Waals surface area contributed by atoms with E-state index in [9.17, 15) is 5.26 Å². The molecule has 1 atom stereocenters. The van der Waals surface area contributed by atoms with Crippen LogP contribution >= 0.6 is 0 Å². The van der Waals surface area contributed by atoms with Gasteiger partial charge in [0.25, 0.3) is 0 Å². The Morgan fingerprint density at radius 1 is 1.19 bits per heavy atom. The third-order valence-corrected chi connectivity index (χ3v) is 3.74. The Bertz CT molecular complexity index is 292. The van der Waals surface area contributed by atoms with Gasteiger partial charge in [0.15, 0.2) is 5.54 Å². The molecule has 4 nitrogen and oxygen atoms in total. The molecule has 2 aliphatic heterocycles. The molecule has 90 valence electrons. The van der Waals surface area contributed by atoms with Crippen molar-refractivity contribution in [1.82, 2.24) is 0 Å². The zero-order chi connectivity index (χ0) is 11.6. The molecule has 0 saturated carbocycles. The van der Waals surface area contributed by atoms with E-state index in [2.05, 4.69) is 19.9 Å². The molecule has 0 bridgehead atoms. The number of quaternary nitrogens is 1.